The van der Waals surface area contributed by atoms with Crippen LogP contribution in [0.1, 0.15) is 25.8 Å². The van der Waals surface area contributed by atoms with E-state index in [0.29, 0.717) is 5.88 Å². The van der Waals surface area contributed by atoms with Gasteiger partial charge >= 0.3 is 0 Å². The molecule has 1 N–H and O–H groups in total. The van der Waals surface area contributed by atoms with Crippen LogP contribution >= 0.6 is 0 Å². The summed E-state index contributed by atoms with van der Waals surface area (Å²) in [5.41, 5.74) is 1.15. The second-order valence-corrected chi connectivity index (χ2v) is 4.71. The van der Waals surface area contributed by atoms with Crippen LogP contribution in [-0.4, -0.2) is 18.1 Å². The molecule has 2 aromatic rings. The summed E-state index contributed by atoms with van der Waals surface area (Å²) in [5, 5.41) is 3.26. The van der Waals surface area contributed by atoms with Gasteiger partial charge in [0.15, 0.2) is 0 Å². The number of ether oxygens (including phenoxy) is 2. The van der Waals surface area contributed by atoms with Crippen molar-refractivity contribution in [1.82, 2.24) is 10.3 Å². The first-order valence-electron chi connectivity index (χ1n) is 7.38. The summed E-state index contributed by atoms with van der Waals surface area (Å²) in [6.07, 6.45) is 2.83. The zero-order valence-electron chi connectivity index (χ0n) is 12.6. The smallest absolute Gasteiger partial charge is 0.219 e. The van der Waals surface area contributed by atoms with Gasteiger partial charge in [0.1, 0.15) is 11.5 Å². The van der Waals surface area contributed by atoms with Crippen LogP contribution in [0.25, 0.3) is 0 Å². The Morgan fingerprint density at radius 2 is 1.76 bits per heavy atom. The Hall–Kier alpha value is -2.07. The summed E-state index contributed by atoms with van der Waals surface area (Å²) >= 11 is 0. The van der Waals surface area contributed by atoms with Gasteiger partial charge in [-0.05, 0) is 42.8 Å². The Labute approximate surface area is 126 Å². The molecule has 0 bridgehead atoms. The van der Waals surface area contributed by atoms with Gasteiger partial charge in [0.05, 0.1) is 6.61 Å². The van der Waals surface area contributed by atoms with Gasteiger partial charge < -0.3 is 14.8 Å². The molecule has 112 valence electrons. The molecule has 0 radical (unpaired) electrons. The van der Waals surface area contributed by atoms with Gasteiger partial charge in [-0.3, -0.25) is 0 Å². The van der Waals surface area contributed by atoms with Gasteiger partial charge in [0.25, 0.3) is 0 Å². The number of benzene rings is 1. The van der Waals surface area contributed by atoms with Gasteiger partial charge in [-0.25, -0.2) is 4.98 Å². The normalized spacial score (nSPS) is 10.4. The van der Waals surface area contributed by atoms with E-state index in [1.165, 1.54) is 0 Å². The lowest BCUT2D eigenvalue weighted by atomic mass is 10.3. The van der Waals surface area contributed by atoms with Gasteiger partial charge in [0, 0.05) is 18.8 Å². The molecule has 0 saturated carbocycles. The summed E-state index contributed by atoms with van der Waals surface area (Å²) in [4.78, 5) is 4.31. The Morgan fingerprint density at radius 3 is 2.38 bits per heavy atom. The molecular formula is C17H22N2O2. The maximum absolute atomic E-state index is 5.71. The summed E-state index contributed by atoms with van der Waals surface area (Å²) in [7, 11) is 0. The molecule has 1 heterocycles. The highest BCUT2D eigenvalue weighted by Gasteiger charge is 2.00. The quantitative estimate of drug-likeness (QED) is 0.802. The Balaban J connectivity index is 1.91. The molecular weight excluding hydrogens is 264 g/mol. The molecule has 0 unspecified atom stereocenters. The minimum atomic E-state index is 0.595. The van der Waals surface area contributed by atoms with E-state index in [0.717, 1.165) is 43.2 Å². The number of hydrogen-bond acceptors (Lipinski definition) is 4. The Bertz CT molecular complexity index is 474. The van der Waals surface area contributed by atoms with Crippen molar-refractivity contribution in [3.8, 4) is 17.4 Å². The van der Waals surface area contributed by atoms with Crippen LogP contribution in [0.3, 0.4) is 0 Å². The average Bonchev–Trinajstić information content (AvgIpc) is 2.53. The molecule has 1 aromatic heterocycles. The fourth-order valence-electron chi connectivity index (χ4n) is 1.79. The molecule has 0 amide bonds. The van der Waals surface area contributed by atoms with E-state index in [1.807, 2.05) is 42.6 Å². The minimum Gasteiger partial charge on any atom is -0.494 e. The Morgan fingerprint density at radius 1 is 1.00 bits per heavy atom. The third-order valence-electron chi connectivity index (χ3n) is 2.90. The fraction of sp³-hybridized carbons (Fsp3) is 0.353. The maximum Gasteiger partial charge on any atom is 0.219 e. The van der Waals surface area contributed by atoms with Crippen LogP contribution in [-0.2, 0) is 6.54 Å². The van der Waals surface area contributed by atoms with Gasteiger partial charge in [0.2, 0.25) is 5.88 Å². The maximum atomic E-state index is 5.71. The van der Waals surface area contributed by atoms with Crippen molar-refractivity contribution in [2.75, 3.05) is 13.2 Å². The summed E-state index contributed by atoms with van der Waals surface area (Å²) in [6, 6.07) is 11.5. The predicted molar refractivity (Wildman–Crippen MR) is 83.9 cm³/mol. The van der Waals surface area contributed by atoms with Crippen LogP contribution in [0.5, 0.6) is 17.4 Å². The molecule has 0 spiro atoms. The van der Waals surface area contributed by atoms with Crippen LogP contribution in [0.15, 0.2) is 42.6 Å². The first-order valence-corrected chi connectivity index (χ1v) is 7.38. The van der Waals surface area contributed by atoms with Crippen molar-refractivity contribution in [2.45, 2.75) is 26.8 Å². The fourth-order valence-corrected chi connectivity index (χ4v) is 1.79. The van der Waals surface area contributed by atoms with E-state index in [-0.39, 0.29) is 0 Å². The topological polar surface area (TPSA) is 43.4 Å². The van der Waals surface area contributed by atoms with Crippen LogP contribution in [0.4, 0.5) is 0 Å². The number of nitrogens with one attached hydrogen (secondary N) is 1. The third-order valence-corrected chi connectivity index (χ3v) is 2.90. The van der Waals surface area contributed by atoms with Gasteiger partial charge in [-0.15, -0.1) is 0 Å². The highest BCUT2D eigenvalue weighted by molar-refractivity contribution is 5.33. The van der Waals surface area contributed by atoms with E-state index < -0.39 is 0 Å². The molecule has 0 atom stereocenters. The first kappa shape index (κ1) is 15.3. The lowest BCUT2D eigenvalue weighted by molar-refractivity contribution is 0.317. The largest absolute Gasteiger partial charge is 0.494 e. The summed E-state index contributed by atoms with van der Waals surface area (Å²) in [5.74, 6) is 2.21. The number of nitrogens with zero attached hydrogens (tertiary/aromatic N) is 1. The monoisotopic (exact) mass is 286 g/mol. The van der Waals surface area contributed by atoms with Crippen molar-refractivity contribution in [3.63, 3.8) is 0 Å². The second-order valence-electron chi connectivity index (χ2n) is 4.71. The molecule has 4 heteroatoms. The molecule has 0 fully saturated rings. The number of aromatic nitrogens is 1. The molecule has 0 saturated heterocycles. The second kappa shape index (κ2) is 8.27. The van der Waals surface area contributed by atoms with Crippen LogP contribution < -0.4 is 14.8 Å². The molecule has 4 nitrogen and oxygen atoms in total. The highest BCUT2D eigenvalue weighted by atomic mass is 16.5. The lowest BCUT2D eigenvalue weighted by Crippen LogP contribution is -2.11. The van der Waals surface area contributed by atoms with Crippen molar-refractivity contribution in [1.29, 1.82) is 0 Å². The lowest BCUT2D eigenvalue weighted by Gasteiger charge is -2.08. The average molecular weight is 286 g/mol. The SMILES string of the molecule is CCCOc1ccc(Oc2ccc(CNCC)cn2)cc1. The van der Waals surface area contributed by atoms with Gasteiger partial charge in [-0.2, -0.15) is 0 Å². The number of rotatable bonds is 8. The van der Waals surface area contributed by atoms with Gasteiger partial charge in [-0.1, -0.05) is 19.9 Å². The first-order chi connectivity index (χ1) is 10.3. The standard InChI is InChI=1S/C17H22N2O2/c1-3-11-20-15-6-8-16(9-7-15)21-17-10-5-14(13-19-17)12-18-4-2/h5-10,13,18H,3-4,11-12H2,1-2H3. The zero-order valence-corrected chi connectivity index (χ0v) is 12.6. The van der Waals surface area contributed by atoms with Crippen molar-refractivity contribution >= 4 is 0 Å². The van der Waals surface area contributed by atoms with E-state index >= 15 is 0 Å². The molecule has 21 heavy (non-hydrogen) atoms. The number of hydrogen-bond donors (Lipinski definition) is 1. The van der Waals surface area contributed by atoms with Crippen molar-refractivity contribution in [2.24, 2.45) is 0 Å². The molecule has 0 aliphatic rings. The number of pyridine rings is 1. The predicted octanol–water partition coefficient (Wildman–Crippen LogP) is 3.77. The van der Waals surface area contributed by atoms with E-state index in [9.17, 15) is 0 Å². The summed E-state index contributed by atoms with van der Waals surface area (Å²) < 4.78 is 11.2. The third kappa shape index (κ3) is 5.08. The van der Waals surface area contributed by atoms with Crippen molar-refractivity contribution < 1.29 is 9.47 Å². The van der Waals surface area contributed by atoms with Crippen LogP contribution in [0.2, 0.25) is 0 Å². The van der Waals surface area contributed by atoms with E-state index in [1.54, 1.807) is 0 Å². The molecule has 0 aliphatic heterocycles. The summed E-state index contributed by atoms with van der Waals surface area (Å²) in [6.45, 7) is 6.68. The molecule has 0 aliphatic carbocycles. The van der Waals surface area contributed by atoms with Crippen LogP contribution in [0, 0.1) is 0 Å². The van der Waals surface area contributed by atoms with E-state index in [4.69, 9.17) is 9.47 Å². The van der Waals surface area contributed by atoms with Crippen molar-refractivity contribution in [3.05, 3.63) is 48.2 Å². The molecule has 2 rings (SSSR count). The molecule has 1 aromatic carbocycles. The van der Waals surface area contributed by atoms with E-state index in [2.05, 4.69) is 24.1 Å². The zero-order chi connectivity index (χ0) is 14.9. The minimum absolute atomic E-state index is 0.595. The highest BCUT2D eigenvalue weighted by Crippen LogP contribution is 2.22. The Kier molecular flexibility index (Phi) is 6.03.